The van der Waals surface area contributed by atoms with Gasteiger partial charge < -0.3 is 5.11 Å². The van der Waals surface area contributed by atoms with E-state index in [-0.39, 0.29) is 5.56 Å². The zero-order valence-electron chi connectivity index (χ0n) is 9.43. The molecule has 0 aromatic carbocycles. The van der Waals surface area contributed by atoms with Gasteiger partial charge in [0.1, 0.15) is 5.25 Å². The van der Waals surface area contributed by atoms with Gasteiger partial charge in [-0.05, 0) is 13.3 Å². The van der Waals surface area contributed by atoms with Crippen LogP contribution in [0.5, 0.6) is 0 Å². The molecule has 1 N–H and O–H groups in total. The Morgan fingerprint density at radius 3 is 2.81 bits per heavy atom. The van der Waals surface area contributed by atoms with E-state index in [1.807, 2.05) is 6.92 Å². The van der Waals surface area contributed by atoms with Crippen LogP contribution in [0.4, 0.5) is 0 Å². The Morgan fingerprint density at radius 2 is 2.31 bits per heavy atom. The standard InChI is InChI=1S/C10H14N2O3S/c1-4-7-5-8(13)12(3)10(11-7)16-6(2)9(14)15/h5-6H,4H2,1-3H3,(H,14,15). The van der Waals surface area contributed by atoms with E-state index in [0.29, 0.717) is 17.3 Å². The first kappa shape index (κ1) is 12.8. The SMILES string of the molecule is CCc1cc(=O)n(C)c(SC(C)C(=O)O)n1. The summed E-state index contributed by atoms with van der Waals surface area (Å²) in [7, 11) is 1.59. The monoisotopic (exact) mass is 242 g/mol. The summed E-state index contributed by atoms with van der Waals surface area (Å²) in [6, 6.07) is 1.47. The van der Waals surface area contributed by atoms with Crippen molar-refractivity contribution >= 4 is 17.7 Å². The first-order chi connectivity index (χ1) is 7.45. The zero-order chi connectivity index (χ0) is 12.3. The predicted octanol–water partition coefficient (Wildman–Crippen LogP) is 0.908. The number of carboxylic acid groups (broad SMARTS) is 1. The normalized spacial score (nSPS) is 12.4. The van der Waals surface area contributed by atoms with Gasteiger partial charge in [0.15, 0.2) is 5.16 Å². The number of carboxylic acids is 1. The lowest BCUT2D eigenvalue weighted by molar-refractivity contribution is -0.136. The molecule has 16 heavy (non-hydrogen) atoms. The maximum atomic E-state index is 11.5. The molecule has 0 aliphatic heterocycles. The van der Waals surface area contributed by atoms with Gasteiger partial charge in [-0.25, -0.2) is 4.98 Å². The van der Waals surface area contributed by atoms with Gasteiger partial charge >= 0.3 is 5.97 Å². The summed E-state index contributed by atoms with van der Waals surface area (Å²) in [5.41, 5.74) is 0.523. The Kier molecular flexibility index (Phi) is 4.12. The second-order valence-corrected chi connectivity index (χ2v) is 4.69. The minimum absolute atomic E-state index is 0.160. The highest BCUT2D eigenvalue weighted by Gasteiger charge is 2.16. The highest BCUT2D eigenvalue weighted by Crippen LogP contribution is 2.19. The Bertz CT molecular complexity index is 456. The van der Waals surface area contributed by atoms with E-state index >= 15 is 0 Å². The number of nitrogens with zero attached hydrogens (tertiary/aromatic N) is 2. The van der Waals surface area contributed by atoms with Gasteiger partial charge in [-0.3, -0.25) is 14.2 Å². The molecular weight excluding hydrogens is 228 g/mol. The highest BCUT2D eigenvalue weighted by molar-refractivity contribution is 8.00. The minimum atomic E-state index is -0.916. The summed E-state index contributed by atoms with van der Waals surface area (Å²) < 4.78 is 1.36. The molecule has 0 fully saturated rings. The van der Waals surface area contributed by atoms with Crippen LogP contribution >= 0.6 is 11.8 Å². The quantitative estimate of drug-likeness (QED) is 0.627. The minimum Gasteiger partial charge on any atom is -0.480 e. The van der Waals surface area contributed by atoms with Crippen molar-refractivity contribution in [1.29, 1.82) is 0 Å². The number of carbonyl (C=O) groups is 1. The molecule has 0 aliphatic rings. The zero-order valence-corrected chi connectivity index (χ0v) is 10.2. The van der Waals surface area contributed by atoms with Crippen molar-refractivity contribution in [3.8, 4) is 0 Å². The maximum absolute atomic E-state index is 11.5. The third kappa shape index (κ3) is 2.85. The number of aromatic nitrogens is 2. The van der Waals surface area contributed by atoms with E-state index < -0.39 is 11.2 Å². The van der Waals surface area contributed by atoms with Crippen LogP contribution < -0.4 is 5.56 Å². The van der Waals surface area contributed by atoms with Crippen LogP contribution in [0, 0.1) is 0 Å². The van der Waals surface area contributed by atoms with Crippen molar-refractivity contribution in [2.45, 2.75) is 30.7 Å². The molecule has 5 nitrogen and oxygen atoms in total. The fourth-order valence-electron chi connectivity index (χ4n) is 1.06. The third-order valence-corrected chi connectivity index (χ3v) is 3.27. The van der Waals surface area contributed by atoms with Crippen LogP contribution in [0.1, 0.15) is 19.5 Å². The first-order valence-electron chi connectivity index (χ1n) is 4.92. The molecule has 0 radical (unpaired) electrons. The van der Waals surface area contributed by atoms with Gasteiger partial charge in [-0.1, -0.05) is 18.7 Å². The Balaban J connectivity index is 3.08. The summed E-state index contributed by atoms with van der Waals surface area (Å²) in [5, 5.41) is 8.62. The molecular formula is C10H14N2O3S. The van der Waals surface area contributed by atoms with Crippen molar-refractivity contribution in [2.24, 2.45) is 7.05 Å². The van der Waals surface area contributed by atoms with Gasteiger partial charge in [0, 0.05) is 18.8 Å². The van der Waals surface area contributed by atoms with E-state index in [1.165, 1.54) is 10.6 Å². The lowest BCUT2D eigenvalue weighted by Crippen LogP contribution is -2.22. The van der Waals surface area contributed by atoms with Crippen LogP contribution in [-0.4, -0.2) is 25.9 Å². The lowest BCUT2D eigenvalue weighted by atomic mass is 10.3. The maximum Gasteiger partial charge on any atom is 0.316 e. The molecule has 1 rings (SSSR count). The van der Waals surface area contributed by atoms with Gasteiger partial charge in [-0.15, -0.1) is 0 Å². The fraction of sp³-hybridized carbons (Fsp3) is 0.500. The Labute approximate surface area is 97.5 Å². The Hall–Kier alpha value is -1.30. The molecule has 1 heterocycles. The summed E-state index contributed by atoms with van der Waals surface area (Å²) in [5.74, 6) is -0.916. The molecule has 0 aliphatic carbocycles. The second-order valence-electron chi connectivity index (χ2n) is 3.38. The predicted molar refractivity (Wildman–Crippen MR) is 61.8 cm³/mol. The molecule has 1 unspecified atom stereocenters. The van der Waals surface area contributed by atoms with Gasteiger partial charge in [-0.2, -0.15) is 0 Å². The summed E-state index contributed by atoms with van der Waals surface area (Å²) in [4.78, 5) is 26.5. The van der Waals surface area contributed by atoms with Gasteiger partial charge in [0.2, 0.25) is 0 Å². The summed E-state index contributed by atoms with van der Waals surface area (Å²) in [6.07, 6.45) is 0.658. The lowest BCUT2D eigenvalue weighted by Gasteiger charge is -2.10. The smallest absolute Gasteiger partial charge is 0.316 e. The van der Waals surface area contributed by atoms with Gasteiger partial charge in [0.25, 0.3) is 5.56 Å². The van der Waals surface area contributed by atoms with Crippen LogP contribution in [0.3, 0.4) is 0 Å². The first-order valence-corrected chi connectivity index (χ1v) is 5.80. The third-order valence-electron chi connectivity index (χ3n) is 2.14. The average molecular weight is 242 g/mol. The molecule has 1 aromatic heterocycles. The molecule has 88 valence electrons. The molecule has 0 amide bonds. The largest absolute Gasteiger partial charge is 0.480 e. The van der Waals surface area contributed by atoms with Crippen molar-refractivity contribution in [2.75, 3.05) is 0 Å². The summed E-state index contributed by atoms with van der Waals surface area (Å²) in [6.45, 7) is 3.47. The van der Waals surface area contributed by atoms with Crippen molar-refractivity contribution in [1.82, 2.24) is 9.55 Å². The molecule has 6 heteroatoms. The highest BCUT2D eigenvalue weighted by atomic mass is 32.2. The molecule has 1 atom stereocenters. The van der Waals surface area contributed by atoms with E-state index in [1.54, 1.807) is 14.0 Å². The summed E-state index contributed by atoms with van der Waals surface area (Å²) >= 11 is 1.07. The van der Waals surface area contributed by atoms with E-state index in [0.717, 1.165) is 11.8 Å². The molecule has 0 bridgehead atoms. The number of hydrogen-bond acceptors (Lipinski definition) is 4. The number of thioether (sulfide) groups is 1. The number of rotatable bonds is 4. The molecule has 0 saturated heterocycles. The molecule has 0 saturated carbocycles. The van der Waals surface area contributed by atoms with Crippen molar-refractivity contribution < 1.29 is 9.90 Å². The number of aryl methyl sites for hydroxylation is 1. The van der Waals surface area contributed by atoms with Crippen LogP contribution in [0.25, 0.3) is 0 Å². The number of hydrogen-bond donors (Lipinski definition) is 1. The fourth-order valence-corrected chi connectivity index (χ4v) is 1.89. The van der Waals surface area contributed by atoms with Crippen LogP contribution in [-0.2, 0) is 18.3 Å². The van der Waals surface area contributed by atoms with E-state index in [9.17, 15) is 9.59 Å². The van der Waals surface area contributed by atoms with Crippen molar-refractivity contribution in [3.63, 3.8) is 0 Å². The molecule has 1 aromatic rings. The van der Waals surface area contributed by atoms with E-state index in [4.69, 9.17) is 5.11 Å². The average Bonchev–Trinajstić information content (AvgIpc) is 2.24. The van der Waals surface area contributed by atoms with Crippen LogP contribution in [0.15, 0.2) is 16.0 Å². The topological polar surface area (TPSA) is 72.2 Å². The Morgan fingerprint density at radius 1 is 1.69 bits per heavy atom. The van der Waals surface area contributed by atoms with Gasteiger partial charge in [0.05, 0.1) is 0 Å². The van der Waals surface area contributed by atoms with E-state index in [2.05, 4.69) is 4.98 Å². The second kappa shape index (κ2) is 5.16. The molecule has 0 spiro atoms. The van der Waals surface area contributed by atoms with Crippen molar-refractivity contribution in [3.05, 3.63) is 22.1 Å². The van der Waals surface area contributed by atoms with Crippen LogP contribution in [0.2, 0.25) is 0 Å². The number of aliphatic carboxylic acids is 1.